The van der Waals surface area contributed by atoms with Crippen LogP contribution < -0.4 is 11.1 Å². The Morgan fingerprint density at radius 1 is 0.708 bits per heavy atom. The molecule has 0 aliphatic rings. The van der Waals surface area contributed by atoms with Crippen LogP contribution in [0.15, 0.2) is 48.6 Å². The first kappa shape index (κ1) is 46.4. The highest BCUT2D eigenvalue weighted by atomic mass is 31.2. The van der Waals surface area contributed by atoms with Crippen molar-refractivity contribution < 1.29 is 33.5 Å². The molecule has 0 radical (unpaired) electrons. The Kier molecular flexibility index (Phi) is 32.8. The Morgan fingerprint density at radius 3 is 1.75 bits per heavy atom. The molecule has 0 aliphatic heterocycles. The Balaban J connectivity index is 4.50. The molecule has 0 rings (SSSR count). The van der Waals surface area contributed by atoms with Crippen molar-refractivity contribution in [2.45, 2.75) is 167 Å². The van der Waals surface area contributed by atoms with Gasteiger partial charge >= 0.3 is 7.82 Å². The van der Waals surface area contributed by atoms with E-state index in [1.165, 1.54) is 83.1 Å². The molecular formula is C38H71N2O7P. The summed E-state index contributed by atoms with van der Waals surface area (Å²) in [6.45, 7) is 3.83. The molecule has 1 amide bonds. The molecule has 0 bridgehead atoms. The fourth-order valence-corrected chi connectivity index (χ4v) is 5.79. The van der Waals surface area contributed by atoms with Crippen molar-refractivity contribution in [2.75, 3.05) is 19.8 Å². The maximum Gasteiger partial charge on any atom is 0.472 e. The molecule has 0 aromatic heterocycles. The molecule has 0 aliphatic carbocycles. The number of nitrogens with two attached hydrogens (primary N) is 1. The number of carbonyl (C=O) groups is 1. The molecule has 48 heavy (non-hydrogen) atoms. The van der Waals surface area contributed by atoms with Gasteiger partial charge in [0.05, 0.1) is 37.9 Å². The molecule has 0 saturated heterocycles. The molecule has 4 atom stereocenters. The van der Waals surface area contributed by atoms with Gasteiger partial charge in [0.1, 0.15) is 0 Å². The van der Waals surface area contributed by atoms with Crippen molar-refractivity contribution in [3.63, 3.8) is 0 Å². The number of phosphoric acid groups is 1. The van der Waals surface area contributed by atoms with Crippen LogP contribution in [0.2, 0.25) is 0 Å². The highest BCUT2D eigenvalue weighted by molar-refractivity contribution is 7.47. The Labute approximate surface area is 293 Å². The summed E-state index contributed by atoms with van der Waals surface area (Å²) in [5.41, 5.74) is 5.33. The minimum atomic E-state index is -4.41. The van der Waals surface area contributed by atoms with Crippen molar-refractivity contribution >= 4 is 13.7 Å². The first-order chi connectivity index (χ1) is 23.3. The third-order valence-electron chi connectivity index (χ3n) is 7.91. The molecule has 0 heterocycles. The van der Waals surface area contributed by atoms with E-state index in [0.717, 1.165) is 38.5 Å². The lowest BCUT2D eigenvalue weighted by atomic mass is 10.1. The zero-order chi connectivity index (χ0) is 35.6. The van der Waals surface area contributed by atoms with Crippen LogP contribution in [0.3, 0.4) is 0 Å². The topological polar surface area (TPSA) is 151 Å². The summed E-state index contributed by atoms with van der Waals surface area (Å²) in [6.07, 6.45) is 36.6. The quantitative estimate of drug-likeness (QED) is 0.0254. The van der Waals surface area contributed by atoms with Gasteiger partial charge in [-0.25, -0.2) is 4.57 Å². The van der Waals surface area contributed by atoms with Gasteiger partial charge in [0.2, 0.25) is 5.91 Å². The Morgan fingerprint density at radius 2 is 1.19 bits per heavy atom. The summed E-state index contributed by atoms with van der Waals surface area (Å²) in [7, 11) is -4.41. The fraction of sp³-hybridized carbons (Fsp3) is 0.763. The number of allylic oxidation sites excluding steroid dienone is 6. The van der Waals surface area contributed by atoms with E-state index in [-0.39, 0.29) is 19.6 Å². The molecule has 0 saturated carbocycles. The van der Waals surface area contributed by atoms with Crippen LogP contribution >= 0.6 is 7.82 Å². The zero-order valence-electron chi connectivity index (χ0n) is 30.3. The summed E-state index contributed by atoms with van der Waals surface area (Å²) in [5.74, 6) is -0.499. The first-order valence-electron chi connectivity index (χ1n) is 18.8. The number of nitrogens with one attached hydrogen (secondary N) is 1. The molecule has 10 heteroatoms. The van der Waals surface area contributed by atoms with Crippen LogP contribution in [0.5, 0.6) is 0 Å². The van der Waals surface area contributed by atoms with Crippen molar-refractivity contribution in [3.8, 4) is 0 Å². The monoisotopic (exact) mass is 698 g/mol. The van der Waals surface area contributed by atoms with E-state index in [0.29, 0.717) is 12.8 Å². The molecular weight excluding hydrogens is 627 g/mol. The smallest absolute Gasteiger partial charge is 0.392 e. The molecule has 9 nitrogen and oxygen atoms in total. The summed E-state index contributed by atoms with van der Waals surface area (Å²) < 4.78 is 21.9. The van der Waals surface area contributed by atoms with Gasteiger partial charge in [-0.2, -0.15) is 0 Å². The SMILES string of the molecule is CCCCCC/C=C\CC(O)CC(=O)NC(COP(=O)(O)OCCN)C(O)/C=C/CC/C=C/CC/C=C/CCCCCCCCCCC. The molecule has 6 N–H and O–H groups in total. The average molecular weight is 699 g/mol. The Hall–Kier alpha value is -1.58. The predicted molar refractivity (Wildman–Crippen MR) is 200 cm³/mol. The van der Waals surface area contributed by atoms with E-state index in [2.05, 4.69) is 43.5 Å². The highest BCUT2D eigenvalue weighted by Crippen LogP contribution is 2.43. The van der Waals surface area contributed by atoms with Gasteiger partial charge in [0, 0.05) is 6.54 Å². The predicted octanol–water partition coefficient (Wildman–Crippen LogP) is 8.74. The van der Waals surface area contributed by atoms with Gasteiger partial charge < -0.3 is 26.2 Å². The third kappa shape index (κ3) is 31.7. The van der Waals surface area contributed by atoms with Crippen molar-refractivity contribution in [1.82, 2.24) is 5.32 Å². The second-order valence-corrected chi connectivity index (χ2v) is 14.1. The maximum absolute atomic E-state index is 12.6. The lowest BCUT2D eigenvalue weighted by Gasteiger charge is -2.23. The first-order valence-corrected chi connectivity index (χ1v) is 20.3. The standard InChI is InChI=1S/C38H71N2O7P/c1-3-5-7-9-11-12-13-14-15-16-17-18-19-20-21-22-24-26-28-30-37(42)36(34-47-48(44,45)46-32-31-39)40-38(43)33-35(41)29-27-25-23-10-8-6-4-2/h17-18,21-22,25,27-28,30,35-37,41-42H,3-16,19-20,23-24,26,29,31-34,39H2,1-2H3,(H,40,43)(H,44,45)/b18-17+,22-21+,27-25-,30-28+. The largest absolute Gasteiger partial charge is 0.472 e. The summed E-state index contributed by atoms with van der Waals surface area (Å²) in [5, 5.41) is 23.7. The van der Waals surface area contributed by atoms with Crippen molar-refractivity contribution in [1.29, 1.82) is 0 Å². The number of rotatable bonds is 34. The fourth-order valence-electron chi connectivity index (χ4n) is 5.03. The molecule has 0 aromatic carbocycles. The van der Waals surface area contributed by atoms with Crippen molar-refractivity contribution in [2.24, 2.45) is 5.73 Å². The number of aliphatic hydroxyl groups excluding tert-OH is 2. The van der Waals surface area contributed by atoms with Crippen LogP contribution in [-0.2, 0) is 18.4 Å². The van der Waals surface area contributed by atoms with Crippen LogP contribution in [0.1, 0.15) is 149 Å². The van der Waals surface area contributed by atoms with Crippen LogP contribution in [0, 0.1) is 0 Å². The number of phosphoric ester groups is 1. The van der Waals surface area contributed by atoms with E-state index in [1.807, 2.05) is 18.2 Å². The van der Waals surface area contributed by atoms with Crippen LogP contribution in [0.4, 0.5) is 0 Å². The van der Waals surface area contributed by atoms with Gasteiger partial charge in [0.15, 0.2) is 0 Å². The van der Waals surface area contributed by atoms with E-state index < -0.39 is 38.6 Å². The number of amides is 1. The van der Waals surface area contributed by atoms with Gasteiger partial charge in [-0.05, 0) is 57.8 Å². The van der Waals surface area contributed by atoms with Gasteiger partial charge in [-0.1, -0.05) is 133 Å². The van der Waals surface area contributed by atoms with E-state index >= 15 is 0 Å². The number of unbranched alkanes of at least 4 members (excludes halogenated alkanes) is 15. The molecule has 0 spiro atoms. The van der Waals surface area contributed by atoms with Gasteiger partial charge in [0.25, 0.3) is 0 Å². The molecule has 4 unspecified atom stereocenters. The highest BCUT2D eigenvalue weighted by Gasteiger charge is 2.27. The minimum Gasteiger partial charge on any atom is -0.392 e. The summed E-state index contributed by atoms with van der Waals surface area (Å²) >= 11 is 0. The van der Waals surface area contributed by atoms with Gasteiger partial charge in [-0.3, -0.25) is 13.8 Å². The van der Waals surface area contributed by atoms with Gasteiger partial charge in [-0.15, -0.1) is 0 Å². The molecule has 0 fully saturated rings. The lowest BCUT2D eigenvalue weighted by Crippen LogP contribution is -2.46. The Bertz CT molecular complexity index is 909. The lowest BCUT2D eigenvalue weighted by molar-refractivity contribution is -0.124. The number of carbonyl (C=O) groups excluding carboxylic acids is 1. The van der Waals surface area contributed by atoms with Crippen LogP contribution in [0.25, 0.3) is 0 Å². The van der Waals surface area contributed by atoms with E-state index in [1.54, 1.807) is 0 Å². The second kappa shape index (κ2) is 33.9. The zero-order valence-corrected chi connectivity index (χ0v) is 31.2. The third-order valence-corrected chi connectivity index (χ3v) is 8.89. The molecule has 0 aromatic rings. The second-order valence-electron chi connectivity index (χ2n) is 12.6. The van der Waals surface area contributed by atoms with Crippen LogP contribution in [-0.4, -0.2) is 59.0 Å². The van der Waals surface area contributed by atoms with E-state index in [9.17, 15) is 24.5 Å². The normalized spacial score (nSPS) is 15.5. The van der Waals surface area contributed by atoms with E-state index in [4.69, 9.17) is 14.8 Å². The summed E-state index contributed by atoms with van der Waals surface area (Å²) in [4.78, 5) is 22.5. The van der Waals surface area contributed by atoms with Crippen molar-refractivity contribution in [3.05, 3.63) is 48.6 Å². The number of hydrogen-bond donors (Lipinski definition) is 5. The minimum absolute atomic E-state index is 0.0368. The number of hydrogen-bond acceptors (Lipinski definition) is 7. The average Bonchev–Trinajstić information content (AvgIpc) is 3.06. The number of aliphatic hydroxyl groups is 2. The summed E-state index contributed by atoms with van der Waals surface area (Å²) in [6, 6.07) is -1.02. The maximum atomic E-state index is 12.6. The molecule has 280 valence electrons.